The number of benzene rings is 1. The smallest absolute Gasteiger partial charge is 0.216 e. The van der Waals surface area contributed by atoms with Gasteiger partial charge in [-0.1, -0.05) is 13.8 Å². The van der Waals surface area contributed by atoms with E-state index in [1.807, 2.05) is 19.1 Å². The van der Waals surface area contributed by atoms with E-state index in [1.165, 1.54) is 0 Å². The summed E-state index contributed by atoms with van der Waals surface area (Å²) in [5.41, 5.74) is 1.79. The molecule has 0 amide bonds. The molecule has 1 aliphatic heterocycles. The lowest BCUT2D eigenvalue weighted by molar-refractivity contribution is 0.292. The topological polar surface area (TPSA) is 41.8 Å². The highest BCUT2D eigenvalue weighted by atomic mass is 16.5. The molecule has 1 atom stereocenters. The summed E-state index contributed by atoms with van der Waals surface area (Å²) in [6.45, 7) is 6.81. The predicted octanol–water partition coefficient (Wildman–Crippen LogP) is 2.50. The molecule has 0 unspecified atom stereocenters. The van der Waals surface area contributed by atoms with Gasteiger partial charge >= 0.3 is 0 Å². The fourth-order valence-electron chi connectivity index (χ4n) is 1.68. The largest absolute Gasteiger partial charge is 0.508 e. The van der Waals surface area contributed by atoms with Crippen LogP contribution in [0.4, 0.5) is 0 Å². The van der Waals surface area contributed by atoms with Crippen molar-refractivity contribution in [3.63, 3.8) is 0 Å². The Morgan fingerprint density at radius 3 is 2.75 bits per heavy atom. The highest BCUT2D eigenvalue weighted by Crippen LogP contribution is 2.21. The zero-order valence-corrected chi connectivity index (χ0v) is 9.90. The third-order valence-electron chi connectivity index (χ3n) is 2.89. The van der Waals surface area contributed by atoms with Crippen molar-refractivity contribution in [2.75, 3.05) is 6.61 Å². The third kappa shape index (κ3) is 2.03. The van der Waals surface area contributed by atoms with Crippen molar-refractivity contribution in [3.05, 3.63) is 29.3 Å². The number of hydrogen-bond acceptors (Lipinski definition) is 3. The number of ether oxygens (including phenoxy) is 1. The van der Waals surface area contributed by atoms with Crippen molar-refractivity contribution in [1.82, 2.24) is 0 Å². The Morgan fingerprint density at radius 1 is 1.44 bits per heavy atom. The number of phenolic OH excluding ortho intramolecular Hbond substituents is 1. The molecule has 0 aromatic heterocycles. The van der Waals surface area contributed by atoms with Crippen LogP contribution in [0, 0.1) is 12.8 Å². The molecule has 16 heavy (non-hydrogen) atoms. The monoisotopic (exact) mass is 219 g/mol. The van der Waals surface area contributed by atoms with Crippen LogP contribution in [0.25, 0.3) is 0 Å². The second kappa shape index (κ2) is 4.16. The molecule has 0 radical (unpaired) electrons. The van der Waals surface area contributed by atoms with Crippen molar-refractivity contribution in [2.24, 2.45) is 10.9 Å². The summed E-state index contributed by atoms with van der Waals surface area (Å²) in [4.78, 5) is 4.54. The lowest BCUT2D eigenvalue weighted by Gasteiger charge is -2.06. The van der Waals surface area contributed by atoms with Crippen LogP contribution in [0.15, 0.2) is 23.2 Å². The number of aliphatic imine (C=N–C) groups is 1. The summed E-state index contributed by atoms with van der Waals surface area (Å²) in [5, 5.41) is 9.45. The third-order valence-corrected chi connectivity index (χ3v) is 2.89. The molecule has 0 aliphatic carbocycles. The van der Waals surface area contributed by atoms with E-state index in [9.17, 15) is 5.11 Å². The highest BCUT2D eigenvalue weighted by molar-refractivity contribution is 5.95. The summed E-state index contributed by atoms with van der Waals surface area (Å²) < 4.78 is 5.58. The molecule has 1 N–H and O–H groups in total. The van der Waals surface area contributed by atoms with Crippen LogP contribution >= 0.6 is 0 Å². The fraction of sp³-hybridized carbons (Fsp3) is 0.462. The Hall–Kier alpha value is -1.51. The lowest BCUT2D eigenvalue weighted by atomic mass is 10.1. The molecule has 0 fully saturated rings. The number of hydrogen-bond donors (Lipinski definition) is 1. The highest BCUT2D eigenvalue weighted by Gasteiger charge is 2.22. The average molecular weight is 219 g/mol. The SMILES string of the molecule is Cc1cc(C2=N[C@@H](C(C)C)CO2)ccc1O. The number of rotatable bonds is 2. The van der Waals surface area contributed by atoms with Gasteiger partial charge in [0.15, 0.2) is 0 Å². The first kappa shape index (κ1) is 11.0. The van der Waals surface area contributed by atoms with Crippen LogP contribution in [0.2, 0.25) is 0 Å². The van der Waals surface area contributed by atoms with Crippen molar-refractivity contribution in [3.8, 4) is 5.75 Å². The molecule has 1 heterocycles. The molecule has 3 nitrogen and oxygen atoms in total. The molecule has 0 saturated carbocycles. The first-order chi connectivity index (χ1) is 7.58. The second-order valence-electron chi connectivity index (χ2n) is 4.56. The molecule has 0 saturated heterocycles. The van der Waals surface area contributed by atoms with Crippen molar-refractivity contribution >= 4 is 5.90 Å². The van der Waals surface area contributed by atoms with E-state index in [0.717, 1.165) is 11.1 Å². The number of nitrogens with zero attached hydrogens (tertiary/aromatic N) is 1. The Bertz CT molecular complexity index is 424. The Balaban J connectivity index is 2.25. The molecule has 0 spiro atoms. The summed E-state index contributed by atoms with van der Waals surface area (Å²) in [6, 6.07) is 5.67. The van der Waals surface area contributed by atoms with Crippen LogP contribution < -0.4 is 0 Å². The van der Waals surface area contributed by atoms with Gasteiger partial charge in [-0.15, -0.1) is 0 Å². The number of aromatic hydroxyl groups is 1. The normalized spacial score (nSPS) is 19.8. The molecular weight excluding hydrogens is 202 g/mol. The quantitative estimate of drug-likeness (QED) is 0.830. The summed E-state index contributed by atoms with van der Waals surface area (Å²) in [5.74, 6) is 1.50. The van der Waals surface area contributed by atoms with E-state index >= 15 is 0 Å². The van der Waals surface area contributed by atoms with Crippen molar-refractivity contribution in [2.45, 2.75) is 26.8 Å². The second-order valence-corrected chi connectivity index (χ2v) is 4.56. The van der Waals surface area contributed by atoms with Gasteiger partial charge in [0.25, 0.3) is 0 Å². The molecule has 2 rings (SSSR count). The standard InChI is InChI=1S/C13H17NO2/c1-8(2)11-7-16-13(14-11)10-4-5-12(15)9(3)6-10/h4-6,8,11,15H,7H2,1-3H3/t11-/m1/s1. The van der Waals surface area contributed by atoms with E-state index in [0.29, 0.717) is 24.2 Å². The summed E-state index contributed by atoms with van der Waals surface area (Å²) in [6.07, 6.45) is 0. The van der Waals surface area contributed by atoms with Gasteiger partial charge in [0, 0.05) is 5.56 Å². The van der Waals surface area contributed by atoms with Gasteiger partial charge in [-0.2, -0.15) is 0 Å². The van der Waals surface area contributed by atoms with Gasteiger partial charge in [-0.05, 0) is 36.6 Å². The van der Waals surface area contributed by atoms with E-state index in [1.54, 1.807) is 6.07 Å². The molecule has 3 heteroatoms. The van der Waals surface area contributed by atoms with Gasteiger partial charge in [-0.25, -0.2) is 4.99 Å². The Labute approximate surface area is 95.8 Å². The number of aryl methyl sites for hydroxylation is 1. The van der Waals surface area contributed by atoms with Crippen molar-refractivity contribution in [1.29, 1.82) is 0 Å². The van der Waals surface area contributed by atoms with Crippen LogP contribution in [0.1, 0.15) is 25.0 Å². The molecule has 1 aromatic rings. The molecule has 1 aliphatic rings. The summed E-state index contributed by atoms with van der Waals surface area (Å²) >= 11 is 0. The van der Waals surface area contributed by atoms with Crippen LogP contribution in [-0.2, 0) is 4.74 Å². The van der Waals surface area contributed by atoms with Gasteiger partial charge in [0.2, 0.25) is 5.90 Å². The zero-order valence-electron chi connectivity index (χ0n) is 9.90. The van der Waals surface area contributed by atoms with Gasteiger partial charge in [-0.3, -0.25) is 0 Å². The average Bonchev–Trinajstić information content (AvgIpc) is 2.71. The molecule has 0 bridgehead atoms. The Kier molecular flexibility index (Phi) is 2.86. The number of phenols is 1. The minimum Gasteiger partial charge on any atom is -0.508 e. The van der Waals surface area contributed by atoms with Crippen LogP contribution in [0.3, 0.4) is 0 Å². The molecule has 1 aromatic carbocycles. The van der Waals surface area contributed by atoms with Gasteiger partial charge in [0.05, 0.1) is 6.04 Å². The van der Waals surface area contributed by atoms with Gasteiger partial charge < -0.3 is 9.84 Å². The maximum atomic E-state index is 9.45. The van der Waals surface area contributed by atoms with E-state index in [2.05, 4.69) is 18.8 Å². The van der Waals surface area contributed by atoms with Crippen LogP contribution in [-0.4, -0.2) is 23.7 Å². The Morgan fingerprint density at radius 2 is 2.19 bits per heavy atom. The minimum atomic E-state index is 0.254. The van der Waals surface area contributed by atoms with E-state index in [-0.39, 0.29) is 6.04 Å². The zero-order chi connectivity index (χ0) is 11.7. The van der Waals surface area contributed by atoms with Gasteiger partial charge in [0.1, 0.15) is 12.4 Å². The van der Waals surface area contributed by atoms with E-state index in [4.69, 9.17) is 4.74 Å². The maximum Gasteiger partial charge on any atom is 0.216 e. The fourth-order valence-corrected chi connectivity index (χ4v) is 1.68. The van der Waals surface area contributed by atoms with E-state index < -0.39 is 0 Å². The minimum absolute atomic E-state index is 0.254. The summed E-state index contributed by atoms with van der Waals surface area (Å²) in [7, 11) is 0. The molecule has 86 valence electrons. The maximum absolute atomic E-state index is 9.45. The predicted molar refractivity (Wildman–Crippen MR) is 64.0 cm³/mol. The molecular formula is C13H17NO2. The van der Waals surface area contributed by atoms with Crippen molar-refractivity contribution < 1.29 is 9.84 Å². The lowest BCUT2D eigenvalue weighted by Crippen LogP contribution is -2.13. The van der Waals surface area contributed by atoms with Crippen LogP contribution in [0.5, 0.6) is 5.75 Å². The first-order valence-corrected chi connectivity index (χ1v) is 5.58. The first-order valence-electron chi connectivity index (χ1n) is 5.58.